The zero-order valence-corrected chi connectivity index (χ0v) is 19.2. The van der Waals surface area contributed by atoms with Crippen molar-refractivity contribution in [1.29, 1.82) is 0 Å². The van der Waals surface area contributed by atoms with Gasteiger partial charge in [-0.15, -0.1) is 0 Å². The first kappa shape index (κ1) is 21.8. The maximum absolute atomic E-state index is 12.1. The lowest BCUT2D eigenvalue weighted by Gasteiger charge is -2.23. The quantitative estimate of drug-likeness (QED) is 0.406. The number of carboxylic acid groups (broad SMARTS) is 1. The average Bonchev–Trinajstić information content (AvgIpc) is 3.54. The molecule has 0 spiro atoms. The van der Waals surface area contributed by atoms with Crippen molar-refractivity contribution in [3.8, 4) is 5.75 Å². The number of hydrogen-bond acceptors (Lipinski definition) is 6. The maximum Gasteiger partial charge on any atom is 0.341 e. The van der Waals surface area contributed by atoms with Crippen molar-refractivity contribution in [2.75, 3.05) is 50.5 Å². The second kappa shape index (κ2) is 9.40. The summed E-state index contributed by atoms with van der Waals surface area (Å²) in [5.74, 6) is 0.612. The molecule has 0 saturated heterocycles. The molecule has 0 amide bonds. The fourth-order valence-corrected chi connectivity index (χ4v) is 5.08. The fourth-order valence-electron chi connectivity index (χ4n) is 4.21. The Morgan fingerprint density at radius 1 is 1.16 bits per heavy atom. The van der Waals surface area contributed by atoms with Crippen LogP contribution in [0.25, 0.3) is 0 Å². The number of benzene rings is 2. The number of aromatic carboxylic acids is 1. The summed E-state index contributed by atoms with van der Waals surface area (Å²) in [6, 6.07) is 12.1. The first-order chi connectivity index (χ1) is 15.0. The highest BCUT2D eigenvalue weighted by atomic mass is 32.2. The third-order valence-corrected chi connectivity index (χ3v) is 6.95. The molecule has 2 N–H and O–H groups in total. The van der Waals surface area contributed by atoms with Crippen LogP contribution in [0.1, 0.15) is 41.1 Å². The molecule has 1 aliphatic carbocycles. The molecule has 1 heterocycles. The average molecular weight is 442 g/mol. The minimum absolute atomic E-state index is 0.241. The molecule has 0 bridgehead atoms. The first-order valence-corrected chi connectivity index (χ1v) is 11.7. The smallest absolute Gasteiger partial charge is 0.341 e. The van der Waals surface area contributed by atoms with Crippen LogP contribution in [0.5, 0.6) is 5.75 Å². The Kier molecular flexibility index (Phi) is 6.62. The van der Waals surface area contributed by atoms with Crippen LogP contribution in [-0.2, 0) is 0 Å². The molecule has 166 valence electrons. The van der Waals surface area contributed by atoms with Gasteiger partial charge in [0.2, 0.25) is 0 Å². The lowest BCUT2D eigenvalue weighted by molar-refractivity contribution is 0.0692. The van der Waals surface area contributed by atoms with Crippen LogP contribution in [-0.4, -0.2) is 56.8 Å². The Labute approximate surface area is 188 Å². The molecule has 2 aromatic rings. The number of ether oxygens (including phenoxy) is 1. The van der Waals surface area contributed by atoms with Gasteiger partial charge in [-0.2, -0.15) is 0 Å². The molecule has 2 aliphatic rings. The molecule has 2 aromatic carbocycles. The minimum Gasteiger partial charge on any atom is -0.492 e. The summed E-state index contributed by atoms with van der Waals surface area (Å²) >= 11 is 1.45. The summed E-state index contributed by atoms with van der Waals surface area (Å²) in [7, 11) is 6.30. The standard InChI is InChI=1S/C24H31N3O3S/c1-26(2)12-6-7-13-27(3)20-8-4-5-9-21(20)31-25-19-11-10-17-18-14-16(18)15-30-23(17)22(19)24(28)29/h4-5,8-11,16,18,25H,6-7,12-15H2,1-3H3,(H,28,29). The number of anilines is 2. The van der Waals surface area contributed by atoms with Crippen LogP contribution in [0.4, 0.5) is 11.4 Å². The van der Waals surface area contributed by atoms with Gasteiger partial charge in [0.25, 0.3) is 0 Å². The first-order valence-electron chi connectivity index (χ1n) is 10.9. The van der Waals surface area contributed by atoms with E-state index in [2.05, 4.69) is 47.8 Å². The van der Waals surface area contributed by atoms with Crippen LogP contribution in [0.2, 0.25) is 0 Å². The van der Waals surface area contributed by atoms with Crippen LogP contribution >= 0.6 is 11.9 Å². The lowest BCUT2D eigenvalue weighted by Crippen LogP contribution is -2.21. The predicted molar refractivity (Wildman–Crippen MR) is 127 cm³/mol. The van der Waals surface area contributed by atoms with Crippen molar-refractivity contribution in [1.82, 2.24) is 4.90 Å². The number of para-hydroxylation sites is 1. The maximum atomic E-state index is 12.1. The van der Waals surface area contributed by atoms with Gasteiger partial charge in [-0.3, -0.25) is 0 Å². The van der Waals surface area contributed by atoms with E-state index in [4.69, 9.17) is 4.74 Å². The van der Waals surface area contributed by atoms with E-state index in [1.54, 1.807) is 0 Å². The molecular weight excluding hydrogens is 410 g/mol. The number of hydrogen-bond donors (Lipinski definition) is 2. The van der Waals surface area contributed by atoms with Gasteiger partial charge >= 0.3 is 5.97 Å². The highest BCUT2D eigenvalue weighted by Crippen LogP contribution is 2.55. The molecule has 6 nitrogen and oxygen atoms in total. The normalized spacial score (nSPS) is 18.7. The Morgan fingerprint density at radius 2 is 1.94 bits per heavy atom. The largest absolute Gasteiger partial charge is 0.492 e. The Hall–Kier alpha value is -2.38. The van der Waals surface area contributed by atoms with Crippen molar-refractivity contribution < 1.29 is 14.6 Å². The third-order valence-electron chi connectivity index (χ3n) is 6.06. The summed E-state index contributed by atoms with van der Waals surface area (Å²) in [4.78, 5) is 17.6. The second-order valence-electron chi connectivity index (χ2n) is 8.73. The minimum atomic E-state index is -0.953. The Balaban J connectivity index is 1.47. The number of nitrogens with one attached hydrogen (secondary N) is 1. The van der Waals surface area contributed by atoms with Crippen molar-refractivity contribution in [2.24, 2.45) is 5.92 Å². The van der Waals surface area contributed by atoms with E-state index in [9.17, 15) is 9.90 Å². The topological polar surface area (TPSA) is 65.0 Å². The molecule has 1 aliphatic heterocycles. The fraction of sp³-hybridized carbons (Fsp3) is 0.458. The van der Waals surface area contributed by atoms with E-state index < -0.39 is 5.97 Å². The number of fused-ring (bicyclic) bond motifs is 3. The predicted octanol–water partition coefficient (Wildman–Crippen LogP) is 4.78. The van der Waals surface area contributed by atoms with E-state index in [-0.39, 0.29) is 5.56 Å². The SMILES string of the molecule is CN(C)CCCCN(C)c1ccccc1SNc1ccc2c(c1C(=O)O)OCC1CC21. The summed E-state index contributed by atoms with van der Waals surface area (Å²) < 4.78 is 9.14. The highest BCUT2D eigenvalue weighted by Gasteiger charge is 2.45. The number of carboxylic acids is 1. The lowest BCUT2D eigenvalue weighted by atomic mass is 10.0. The van der Waals surface area contributed by atoms with Crippen LogP contribution < -0.4 is 14.4 Å². The van der Waals surface area contributed by atoms with Crippen LogP contribution in [0, 0.1) is 5.92 Å². The van der Waals surface area contributed by atoms with E-state index in [1.165, 1.54) is 11.9 Å². The van der Waals surface area contributed by atoms with E-state index >= 15 is 0 Å². The van der Waals surface area contributed by atoms with E-state index in [1.807, 2.05) is 24.3 Å². The summed E-state index contributed by atoms with van der Waals surface area (Å²) in [6.07, 6.45) is 3.38. The van der Waals surface area contributed by atoms with Gasteiger partial charge in [0, 0.05) is 19.5 Å². The zero-order chi connectivity index (χ0) is 22.0. The molecule has 2 atom stereocenters. The third kappa shape index (κ3) is 4.93. The summed E-state index contributed by atoms with van der Waals surface area (Å²) in [5, 5.41) is 9.88. The van der Waals surface area contributed by atoms with Gasteiger partial charge in [-0.25, -0.2) is 4.79 Å². The van der Waals surface area contributed by atoms with E-state index in [0.717, 1.165) is 48.5 Å². The molecule has 7 heteroatoms. The van der Waals surface area contributed by atoms with Crippen molar-refractivity contribution in [2.45, 2.75) is 30.1 Å². The molecule has 31 heavy (non-hydrogen) atoms. The van der Waals surface area contributed by atoms with Crippen LogP contribution in [0.15, 0.2) is 41.3 Å². The van der Waals surface area contributed by atoms with Gasteiger partial charge in [-0.1, -0.05) is 18.2 Å². The van der Waals surface area contributed by atoms with Crippen molar-refractivity contribution in [3.63, 3.8) is 0 Å². The number of nitrogens with zero attached hydrogens (tertiary/aromatic N) is 2. The van der Waals surface area contributed by atoms with Crippen molar-refractivity contribution in [3.05, 3.63) is 47.5 Å². The van der Waals surface area contributed by atoms with Gasteiger partial charge in [-0.05, 0) is 81.5 Å². The van der Waals surface area contributed by atoms with E-state index in [0.29, 0.717) is 29.9 Å². The molecule has 0 radical (unpaired) electrons. The molecule has 1 fully saturated rings. The molecule has 1 saturated carbocycles. The molecule has 0 aromatic heterocycles. The number of rotatable bonds is 10. The number of carbonyl (C=O) groups is 1. The van der Waals surface area contributed by atoms with Gasteiger partial charge in [0.05, 0.1) is 22.9 Å². The Bertz CT molecular complexity index is 950. The van der Waals surface area contributed by atoms with Crippen LogP contribution in [0.3, 0.4) is 0 Å². The van der Waals surface area contributed by atoms with Gasteiger partial charge < -0.3 is 24.4 Å². The van der Waals surface area contributed by atoms with Gasteiger partial charge in [0.1, 0.15) is 11.3 Å². The molecule has 4 rings (SSSR count). The Morgan fingerprint density at radius 3 is 2.71 bits per heavy atom. The zero-order valence-electron chi connectivity index (χ0n) is 18.4. The number of unbranched alkanes of at least 4 members (excludes halogenated alkanes) is 1. The monoisotopic (exact) mass is 441 g/mol. The molecule has 2 unspecified atom stereocenters. The summed E-state index contributed by atoms with van der Waals surface area (Å²) in [5.41, 5.74) is 3.00. The molecular formula is C24H31N3O3S. The van der Waals surface area contributed by atoms with Gasteiger partial charge in [0.15, 0.2) is 0 Å². The van der Waals surface area contributed by atoms with Crippen molar-refractivity contribution >= 4 is 29.3 Å². The second-order valence-corrected chi connectivity index (χ2v) is 9.58. The summed E-state index contributed by atoms with van der Waals surface area (Å²) in [6.45, 7) is 2.68. The highest BCUT2D eigenvalue weighted by molar-refractivity contribution is 8.00.